The maximum Gasteiger partial charge on any atom is 0.250 e. The van der Waals surface area contributed by atoms with E-state index >= 15 is 0 Å². The molecule has 20 heavy (non-hydrogen) atoms. The summed E-state index contributed by atoms with van der Waals surface area (Å²) in [6, 6.07) is 3.21. The van der Waals surface area contributed by atoms with E-state index in [0.29, 0.717) is 21.5 Å². The van der Waals surface area contributed by atoms with Gasteiger partial charge in [0.25, 0.3) is 0 Å². The lowest BCUT2D eigenvalue weighted by Gasteiger charge is -2.25. The van der Waals surface area contributed by atoms with Gasteiger partial charge in [0.05, 0.1) is 6.61 Å². The highest BCUT2D eigenvalue weighted by Crippen LogP contribution is 2.30. The Labute approximate surface area is 125 Å². The summed E-state index contributed by atoms with van der Waals surface area (Å²) in [5.41, 5.74) is 0. The molecule has 1 saturated carbocycles. The van der Waals surface area contributed by atoms with Crippen molar-refractivity contribution in [3.05, 3.63) is 17.0 Å². The van der Waals surface area contributed by atoms with Crippen LogP contribution in [0.15, 0.2) is 16.3 Å². The third kappa shape index (κ3) is 4.28. The van der Waals surface area contributed by atoms with Crippen LogP contribution in [0.4, 0.5) is 0 Å². The highest BCUT2D eigenvalue weighted by atomic mass is 32.2. The molecule has 0 atom stereocenters. The Morgan fingerprint density at radius 3 is 2.60 bits per heavy atom. The zero-order valence-corrected chi connectivity index (χ0v) is 13.5. The van der Waals surface area contributed by atoms with Crippen LogP contribution in [0.1, 0.15) is 43.9 Å². The van der Waals surface area contributed by atoms with Crippen LogP contribution in [0.3, 0.4) is 0 Å². The average Bonchev–Trinajstić information content (AvgIpc) is 2.90. The lowest BCUT2D eigenvalue weighted by atomic mass is 9.81. The molecule has 0 aromatic carbocycles. The fraction of sp³-hybridized carbons (Fsp3) is 0.714. The summed E-state index contributed by atoms with van der Waals surface area (Å²) in [7, 11) is -3.40. The van der Waals surface area contributed by atoms with Crippen molar-refractivity contribution in [2.75, 3.05) is 6.54 Å². The molecule has 0 unspecified atom stereocenters. The van der Waals surface area contributed by atoms with Gasteiger partial charge in [0, 0.05) is 11.4 Å². The second-order valence-electron chi connectivity index (χ2n) is 5.69. The summed E-state index contributed by atoms with van der Waals surface area (Å²) in [5.74, 6) is 1.48. The van der Waals surface area contributed by atoms with Crippen LogP contribution >= 0.6 is 11.3 Å². The largest absolute Gasteiger partial charge is 0.391 e. The standard InChI is InChI=1S/C14H23NO3S2/c1-11-2-4-12(5-3-11)8-9-15-20(17,18)14-7-6-13(10-16)19-14/h6-7,11-12,15-16H,2-5,8-10H2,1H3. The van der Waals surface area contributed by atoms with Crippen molar-refractivity contribution in [2.45, 2.75) is 49.8 Å². The Bertz CT molecular complexity index is 516. The number of thiophene rings is 1. The molecule has 1 aliphatic carbocycles. The number of hydrogen-bond acceptors (Lipinski definition) is 4. The number of aliphatic hydroxyl groups is 1. The van der Waals surface area contributed by atoms with Crippen LogP contribution in [0.5, 0.6) is 0 Å². The molecule has 0 saturated heterocycles. The van der Waals surface area contributed by atoms with Gasteiger partial charge >= 0.3 is 0 Å². The minimum Gasteiger partial charge on any atom is -0.391 e. The van der Waals surface area contributed by atoms with E-state index in [0.717, 1.165) is 23.7 Å². The molecule has 2 rings (SSSR count). The van der Waals surface area contributed by atoms with Crippen molar-refractivity contribution in [1.29, 1.82) is 0 Å². The number of rotatable bonds is 6. The molecule has 1 fully saturated rings. The Morgan fingerprint density at radius 2 is 2.00 bits per heavy atom. The van der Waals surface area contributed by atoms with E-state index in [9.17, 15) is 8.42 Å². The van der Waals surface area contributed by atoms with Gasteiger partial charge in [-0.15, -0.1) is 11.3 Å². The summed E-state index contributed by atoms with van der Waals surface area (Å²) in [6.45, 7) is 2.68. The van der Waals surface area contributed by atoms with E-state index in [2.05, 4.69) is 11.6 Å². The lowest BCUT2D eigenvalue weighted by Crippen LogP contribution is -2.26. The first-order valence-corrected chi connectivity index (χ1v) is 9.50. The predicted octanol–water partition coefficient (Wildman–Crippen LogP) is 2.74. The van der Waals surface area contributed by atoms with Gasteiger partial charge in [0.1, 0.15) is 4.21 Å². The number of nitrogens with one attached hydrogen (secondary N) is 1. The highest BCUT2D eigenvalue weighted by Gasteiger charge is 2.20. The quantitative estimate of drug-likeness (QED) is 0.848. The fourth-order valence-electron chi connectivity index (χ4n) is 2.67. The molecular formula is C14H23NO3S2. The van der Waals surface area contributed by atoms with Gasteiger partial charge in [0.2, 0.25) is 10.0 Å². The van der Waals surface area contributed by atoms with Crippen molar-refractivity contribution >= 4 is 21.4 Å². The lowest BCUT2D eigenvalue weighted by molar-refractivity contribution is 0.278. The Kier molecular flexibility index (Phi) is 5.60. The molecule has 6 heteroatoms. The second kappa shape index (κ2) is 7.02. The fourth-order valence-corrected chi connectivity index (χ4v) is 4.98. The average molecular weight is 317 g/mol. The first-order valence-electron chi connectivity index (χ1n) is 7.20. The number of aliphatic hydroxyl groups excluding tert-OH is 1. The topological polar surface area (TPSA) is 66.4 Å². The third-order valence-corrected chi connectivity index (χ3v) is 7.06. The van der Waals surface area contributed by atoms with E-state index < -0.39 is 10.0 Å². The SMILES string of the molecule is CC1CCC(CCNS(=O)(=O)c2ccc(CO)s2)CC1. The van der Waals surface area contributed by atoms with Crippen molar-refractivity contribution < 1.29 is 13.5 Å². The van der Waals surface area contributed by atoms with Gasteiger partial charge < -0.3 is 5.11 Å². The molecule has 114 valence electrons. The molecule has 0 bridgehead atoms. The number of hydrogen-bond donors (Lipinski definition) is 2. The molecule has 4 nitrogen and oxygen atoms in total. The molecule has 0 spiro atoms. The Balaban J connectivity index is 1.80. The maximum atomic E-state index is 12.1. The zero-order valence-electron chi connectivity index (χ0n) is 11.8. The molecule has 0 aliphatic heterocycles. The molecular weight excluding hydrogens is 294 g/mol. The zero-order chi connectivity index (χ0) is 14.6. The number of sulfonamides is 1. The molecule has 1 aromatic heterocycles. The van der Waals surface area contributed by atoms with Crippen LogP contribution in [0.2, 0.25) is 0 Å². The summed E-state index contributed by atoms with van der Waals surface area (Å²) < 4.78 is 27.1. The van der Waals surface area contributed by atoms with Crippen LogP contribution in [-0.2, 0) is 16.6 Å². The molecule has 2 N–H and O–H groups in total. The molecule has 1 aliphatic rings. The first kappa shape index (κ1) is 15.9. The van der Waals surface area contributed by atoms with Crippen molar-refractivity contribution in [1.82, 2.24) is 4.72 Å². The van der Waals surface area contributed by atoms with Crippen LogP contribution in [0, 0.1) is 11.8 Å². The van der Waals surface area contributed by atoms with Crippen LogP contribution < -0.4 is 4.72 Å². The van der Waals surface area contributed by atoms with E-state index in [1.807, 2.05) is 0 Å². The van der Waals surface area contributed by atoms with E-state index in [4.69, 9.17) is 5.11 Å². The monoisotopic (exact) mass is 317 g/mol. The van der Waals surface area contributed by atoms with Crippen molar-refractivity contribution in [2.24, 2.45) is 11.8 Å². The van der Waals surface area contributed by atoms with Gasteiger partial charge in [-0.05, 0) is 30.4 Å². The van der Waals surface area contributed by atoms with E-state index in [1.54, 1.807) is 12.1 Å². The molecule has 1 heterocycles. The van der Waals surface area contributed by atoms with E-state index in [1.165, 1.54) is 25.7 Å². The Hall–Kier alpha value is -0.430. The summed E-state index contributed by atoms with van der Waals surface area (Å²) in [6.07, 6.45) is 5.89. The van der Waals surface area contributed by atoms with E-state index in [-0.39, 0.29) is 6.61 Å². The van der Waals surface area contributed by atoms with Gasteiger partial charge in [-0.3, -0.25) is 0 Å². The van der Waals surface area contributed by atoms with Crippen molar-refractivity contribution in [3.8, 4) is 0 Å². The highest BCUT2D eigenvalue weighted by molar-refractivity contribution is 7.91. The molecule has 0 amide bonds. The van der Waals surface area contributed by atoms with Gasteiger partial charge in [-0.2, -0.15) is 0 Å². The first-order chi connectivity index (χ1) is 9.51. The van der Waals surface area contributed by atoms with Gasteiger partial charge in [0.15, 0.2) is 0 Å². The normalized spacial score (nSPS) is 23.9. The summed E-state index contributed by atoms with van der Waals surface area (Å²) >= 11 is 1.13. The molecule has 0 radical (unpaired) electrons. The minimum absolute atomic E-state index is 0.111. The minimum atomic E-state index is -3.40. The van der Waals surface area contributed by atoms with Gasteiger partial charge in [-0.25, -0.2) is 13.1 Å². The summed E-state index contributed by atoms with van der Waals surface area (Å²) in [4.78, 5) is 0.673. The predicted molar refractivity (Wildman–Crippen MR) is 81.2 cm³/mol. The van der Waals surface area contributed by atoms with Crippen LogP contribution in [0.25, 0.3) is 0 Å². The third-order valence-electron chi connectivity index (χ3n) is 4.04. The smallest absolute Gasteiger partial charge is 0.250 e. The molecule has 1 aromatic rings. The maximum absolute atomic E-state index is 12.1. The van der Waals surface area contributed by atoms with Crippen LogP contribution in [-0.4, -0.2) is 20.1 Å². The summed E-state index contributed by atoms with van der Waals surface area (Å²) in [5, 5.41) is 8.98. The second-order valence-corrected chi connectivity index (χ2v) is 8.85. The Morgan fingerprint density at radius 1 is 1.30 bits per heavy atom. The van der Waals surface area contributed by atoms with Gasteiger partial charge in [-0.1, -0.05) is 32.6 Å². The van der Waals surface area contributed by atoms with Crippen molar-refractivity contribution in [3.63, 3.8) is 0 Å².